The Morgan fingerprint density at radius 3 is 2.23 bits per heavy atom. The zero-order valence-electron chi connectivity index (χ0n) is 23.6. The molecule has 4 aromatic rings. The molecule has 0 aliphatic carbocycles. The summed E-state index contributed by atoms with van der Waals surface area (Å²) in [6.45, 7) is -0.112. The van der Waals surface area contributed by atoms with Crippen LogP contribution in [-0.2, 0) is 26.0 Å². The fraction of sp³-hybridized carbons (Fsp3) is 0.156. The molecule has 0 radical (unpaired) electrons. The molecule has 222 valence electrons. The molecule has 0 spiro atoms. The molecule has 0 bridgehead atoms. The Bertz CT molecular complexity index is 1630. The molecule has 4 aromatic carbocycles. The molecule has 0 aliphatic heterocycles. The van der Waals surface area contributed by atoms with Gasteiger partial charge in [0.15, 0.2) is 6.61 Å². The van der Waals surface area contributed by atoms with Crippen molar-refractivity contribution in [3.05, 3.63) is 120 Å². The van der Waals surface area contributed by atoms with E-state index in [4.69, 9.17) is 9.47 Å². The quantitative estimate of drug-likeness (QED) is 0.168. The largest absolute Gasteiger partial charge is 0.497 e. The van der Waals surface area contributed by atoms with E-state index in [1.165, 1.54) is 31.5 Å². The Balaban J connectivity index is 1.30. The average molecular weight is 601 g/mol. The number of amides is 2. The highest BCUT2D eigenvalue weighted by Gasteiger charge is 2.27. The zero-order valence-corrected chi connectivity index (χ0v) is 24.4. The van der Waals surface area contributed by atoms with E-state index < -0.39 is 22.5 Å². The summed E-state index contributed by atoms with van der Waals surface area (Å²) in [6.07, 6.45) is 2.15. The van der Waals surface area contributed by atoms with Gasteiger partial charge in [0.25, 0.3) is 21.8 Å². The predicted molar refractivity (Wildman–Crippen MR) is 165 cm³/mol. The summed E-state index contributed by atoms with van der Waals surface area (Å²) < 4.78 is 38.6. The Hall–Kier alpha value is -5.16. The number of nitrogens with zero attached hydrogens (tertiary/aromatic N) is 2. The Morgan fingerprint density at radius 2 is 1.53 bits per heavy atom. The summed E-state index contributed by atoms with van der Waals surface area (Å²) in [7, 11) is -2.59. The molecule has 0 heterocycles. The third kappa shape index (κ3) is 9.17. The van der Waals surface area contributed by atoms with E-state index in [2.05, 4.69) is 15.8 Å². The molecule has 2 N–H and O–H groups in total. The highest BCUT2D eigenvalue weighted by atomic mass is 32.2. The van der Waals surface area contributed by atoms with Gasteiger partial charge < -0.3 is 14.8 Å². The topological polar surface area (TPSA) is 126 Å². The number of hydrogen-bond acceptors (Lipinski definition) is 7. The summed E-state index contributed by atoms with van der Waals surface area (Å²) in [5, 5.41) is 6.79. The van der Waals surface area contributed by atoms with Crippen molar-refractivity contribution in [2.24, 2.45) is 5.10 Å². The first kappa shape index (κ1) is 30.8. The molecule has 0 saturated carbocycles. The Kier molecular flexibility index (Phi) is 10.9. The lowest BCUT2D eigenvalue weighted by Gasteiger charge is -2.24. The Morgan fingerprint density at radius 1 is 0.837 bits per heavy atom. The molecule has 0 aromatic heterocycles. The maximum Gasteiger partial charge on any atom is 0.264 e. The van der Waals surface area contributed by atoms with Crippen molar-refractivity contribution in [3.8, 4) is 11.5 Å². The van der Waals surface area contributed by atoms with E-state index >= 15 is 0 Å². The molecule has 4 rings (SSSR count). The van der Waals surface area contributed by atoms with Gasteiger partial charge in [-0.1, -0.05) is 54.6 Å². The molecule has 0 atom stereocenters. The number of benzene rings is 4. The van der Waals surface area contributed by atoms with Crippen LogP contribution in [0.5, 0.6) is 11.5 Å². The van der Waals surface area contributed by atoms with Gasteiger partial charge in [0.05, 0.1) is 23.9 Å². The van der Waals surface area contributed by atoms with Crippen LogP contribution in [0.3, 0.4) is 0 Å². The number of ether oxygens (including phenoxy) is 2. The molecular weight excluding hydrogens is 568 g/mol. The van der Waals surface area contributed by atoms with Crippen LogP contribution < -0.4 is 24.5 Å². The minimum atomic E-state index is -4.06. The molecule has 10 nitrogen and oxygen atoms in total. The highest BCUT2D eigenvalue weighted by Crippen LogP contribution is 2.26. The van der Waals surface area contributed by atoms with Crippen molar-refractivity contribution in [1.82, 2.24) is 10.7 Å². The number of carbonyl (C=O) groups is 2. The first-order valence-electron chi connectivity index (χ1n) is 13.4. The number of sulfonamides is 1. The van der Waals surface area contributed by atoms with Gasteiger partial charge in [-0.2, -0.15) is 5.10 Å². The van der Waals surface area contributed by atoms with Crippen molar-refractivity contribution >= 4 is 33.7 Å². The van der Waals surface area contributed by atoms with Crippen molar-refractivity contribution in [2.75, 3.05) is 31.1 Å². The lowest BCUT2D eigenvalue weighted by Crippen LogP contribution is -2.39. The monoisotopic (exact) mass is 600 g/mol. The number of methoxy groups -OCH3 is 1. The van der Waals surface area contributed by atoms with Crippen molar-refractivity contribution in [2.45, 2.75) is 11.3 Å². The minimum Gasteiger partial charge on any atom is -0.497 e. The molecule has 2 amide bonds. The summed E-state index contributed by atoms with van der Waals surface area (Å²) in [4.78, 5) is 24.9. The molecule has 0 fully saturated rings. The van der Waals surface area contributed by atoms with Crippen LogP contribution in [0.15, 0.2) is 119 Å². The number of anilines is 1. The van der Waals surface area contributed by atoms with E-state index in [9.17, 15) is 18.0 Å². The summed E-state index contributed by atoms with van der Waals surface area (Å²) >= 11 is 0. The lowest BCUT2D eigenvalue weighted by molar-refractivity contribution is -0.123. The number of hydrogen-bond donors (Lipinski definition) is 2. The van der Waals surface area contributed by atoms with Crippen LogP contribution >= 0.6 is 0 Å². The standard InChI is InChI=1S/C32H32N4O6S/c1-41-29-12-8-11-27(21-29)36(43(39,40)30-13-6-3-7-14-30)23-31(37)35-34-22-26-15-17-28(18-16-26)42-24-32(38)33-20-19-25-9-4-2-5-10-25/h2-18,21-22H,19-20,23-24H2,1H3,(H,33,38)(H,35,37)/b34-22-. The van der Waals surface area contributed by atoms with Gasteiger partial charge in [0.2, 0.25) is 0 Å². The number of rotatable bonds is 14. The molecule has 0 saturated heterocycles. The normalized spacial score (nSPS) is 11.1. The van der Waals surface area contributed by atoms with Crippen LogP contribution in [0.4, 0.5) is 5.69 Å². The smallest absolute Gasteiger partial charge is 0.264 e. The second kappa shape index (κ2) is 15.2. The van der Waals surface area contributed by atoms with Gasteiger partial charge in [-0.25, -0.2) is 13.8 Å². The maximum absolute atomic E-state index is 13.4. The number of nitrogens with one attached hydrogen (secondary N) is 2. The van der Waals surface area contributed by atoms with Crippen LogP contribution in [0.2, 0.25) is 0 Å². The molecule has 43 heavy (non-hydrogen) atoms. The van der Waals surface area contributed by atoms with Gasteiger partial charge in [-0.15, -0.1) is 0 Å². The second-order valence-electron chi connectivity index (χ2n) is 9.26. The SMILES string of the molecule is COc1cccc(N(CC(=O)N/N=C\c2ccc(OCC(=O)NCCc3ccccc3)cc2)S(=O)(=O)c2ccccc2)c1. The molecule has 0 aliphatic rings. The van der Waals surface area contributed by atoms with E-state index in [-0.39, 0.29) is 23.1 Å². The summed E-state index contributed by atoms with van der Waals surface area (Å²) in [5.41, 5.74) is 4.44. The molecule has 0 unspecified atom stereocenters. The van der Waals surface area contributed by atoms with Gasteiger partial charge >= 0.3 is 0 Å². The van der Waals surface area contributed by atoms with E-state index in [0.29, 0.717) is 23.6 Å². The molecule has 11 heteroatoms. The fourth-order valence-electron chi connectivity index (χ4n) is 3.99. The average Bonchev–Trinajstić information content (AvgIpc) is 3.04. The first-order chi connectivity index (χ1) is 20.8. The van der Waals surface area contributed by atoms with Gasteiger partial charge in [0.1, 0.15) is 18.0 Å². The zero-order chi connectivity index (χ0) is 30.5. The van der Waals surface area contributed by atoms with Gasteiger partial charge in [-0.3, -0.25) is 13.9 Å². The number of carbonyl (C=O) groups excluding carboxylic acids is 2. The number of hydrazone groups is 1. The van der Waals surface area contributed by atoms with E-state index in [1.54, 1.807) is 60.7 Å². The highest BCUT2D eigenvalue weighted by molar-refractivity contribution is 7.92. The molecular formula is C32H32N4O6S. The lowest BCUT2D eigenvalue weighted by atomic mass is 10.1. The Labute approximate surface area is 251 Å². The first-order valence-corrected chi connectivity index (χ1v) is 14.9. The van der Waals surface area contributed by atoms with Crippen LogP contribution in [-0.4, -0.2) is 53.3 Å². The van der Waals surface area contributed by atoms with E-state index in [1.807, 2.05) is 30.3 Å². The van der Waals surface area contributed by atoms with Crippen molar-refractivity contribution in [1.29, 1.82) is 0 Å². The third-order valence-electron chi connectivity index (χ3n) is 6.19. The van der Waals surface area contributed by atoms with Crippen molar-refractivity contribution < 1.29 is 27.5 Å². The van der Waals surface area contributed by atoms with Crippen LogP contribution in [0, 0.1) is 0 Å². The fourth-order valence-corrected chi connectivity index (χ4v) is 5.42. The van der Waals surface area contributed by atoms with Crippen LogP contribution in [0.25, 0.3) is 0 Å². The maximum atomic E-state index is 13.4. The van der Waals surface area contributed by atoms with Crippen LogP contribution in [0.1, 0.15) is 11.1 Å². The summed E-state index contributed by atoms with van der Waals surface area (Å²) in [5.74, 6) is 0.0816. The predicted octanol–water partition coefficient (Wildman–Crippen LogP) is 3.78. The third-order valence-corrected chi connectivity index (χ3v) is 7.98. The minimum absolute atomic E-state index is 0.0427. The van der Waals surface area contributed by atoms with E-state index in [0.717, 1.165) is 16.3 Å². The van der Waals surface area contributed by atoms with Crippen molar-refractivity contribution in [3.63, 3.8) is 0 Å². The van der Waals surface area contributed by atoms with Gasteiger partial charge in [-0.05, 0) is 66.1 Å². The summed E-state index contributed by atoms with van der Waals surface area (Å²) in [6, 6.07) is 30.9. The van der Waals surface area contributed by atoms with Gasteiger partial charge in [0, 0.05) is 12.6 Å². The second-order valence-corrected chi connectivity index (χ2v) is 11.1.